The second-order valence-corrected chi connectivity index (χ2v) is 18.3. The highest BCUT2D eigenvalue weighted by molar-refractivity contribution is 6.46. The SMILES string of the molecule is C.Cc1cccc(C)c1-c1ccc2cc3c4c(-c5ccccc5-c5ccccc5)c5c(cc6c7ccccc7c7cccc5c76)c(-c5ccccc5-c5ccccc5)c4c4cccc(c2c1)c43. The minimum Gasteiger partial charge on any atom is -0.0776 e. The van der Waals surface area contributed by atoms with E-state index in [0.29, 0.717) is 0 Å². The number of rotatable bonds is 5. The van der Waals surface area contributed by atoms with Crippen molar-refractivity contribution in [2.45, 2.75) is 21.3 Å². The highest BCUT2D eigenvalue weighted by atomic mass is 14.3. The van der Waals surface area contributed by atoms with Crippen molar-refractivity contribution in [3.63, 3.8) is 0 Å². The van der Waals surface area contributed by atoms with E-state index in [-0.39, 0.29) is 7.43 Å². The van der Waals surface area contributed by atoms with Crippen molar-refractivity contribution in [2.24, 2.45) is 0 Å². The second kappa shape index (κ2) is 14.9. The fourth-order valence-electron chi connectivity index (χ4n) is 12.1. The van der Waals surface area contributed by atoms with E-state index < -0.39 is 0 Å². The molecule has 314 valence electrons. The molecule has 0 radical (unpaired) electrons. The van der Waals surface area contributed by atoms with Gasteiger partial charge in [-0.2, -0.15) is 0 Å². The van der Waals surface area contributed by atoms with Crippen LogP contribution in [-0.4, -0.2) is 0 Å². The maximum atomic E-state index is 2.56. The zero-order valence-corrected chi connectivity index (χ0v) is 36.8. The van der Waals surface area contributed by atoms with Crippen molar-refractivity contribution in [2.75, 3.05) is 0 Å². The highest BCUT2D eigenvalue weighted by Crippen LogP contribution is 2.57. The van der Waals surface area contributed by atoms with Crippen LogP contribution in [0.4, 0.5) is 0 Å². The predicted molar refractivity (Wildman–Crippen MR) is 292 cm³/mol. The zero-order valence-electron chi connectivity index (χ0n) is 36.8. The molecular weight excluding hydrogens is 805 g/mol. The number of fused-ring (bicyclic) bond motifs is 10. The molecule has 0 saturated heterocycles. The van der Waals surface area contributed by atoms with Crippen LogP contribution < -0.4 is 0 Å². The third-order valence-corrected chi connectivity index (χ3v) is 14.8. The van der Waals surface area contributed by atoms with E-state index in [4.69, 9.17) is 0 Å². The Labute approximate surface area is 390 Å². The Balaban J connectivity index is 0.00000446. The Morgan fingerprint density at radius 1 is 0.224 bits per heavy atom. The Bertz CT molecular complexity index is 4250. The molecule has 0 heterocycles. The van der Waals surface area contributed by atoms with Crippen LogP contribution >= 0.6 is 0 Å². The minimum absolute atomic E-state index is 0. The predicted octanol–water partition coefficient (Wildman–Crippen LogP) is 19.4. The zero-order chi connectivity index (χ0) is 43.6. The van der Waals surface area contributed by atoms with E-state index in [2.05, 4.69) is 232 Å². The molecule has 14 aromatic carbocycles. The smallest absolute Gasteiger partial charge is 0.000674 e. The lowest BCUT2D eigenvalue weighted by Crippen LogP contribution is -1.94. The van der Waals surface area contributed by atoms with Gasteiger partial charge in [0.25, 0.3) is 0 Å². The number of benzene rings is 12. The standard InChI is InChI=1S/C66H42.CH4/c1-39-18-15-19-40(2)59(39)44-35-34-43-36-57-61-52(55(43)37-44)31-17-33-54(61)65-62(49-28-13-9-24-45(49)41-20-5-3-6-21-41)58-38-56-48-27-12-11-26-47(48)51-30-16-32-53(60(51)56)63(58)64(66(57)65)50-29-14-10-25-46(50)42-22-7-4-8-23-42;/h3-38H,1-2H3;1H4. The second-order valence-electron chi connectivity index (χ2n) is 18.3. The first-order chi connectivity index (χ1) is 32.6. The monoisotopic (exact) mass is 850 g/mol. The van der Waals surface area contributed by atoms with Crippen molar-refractivity contribution >= 4 is 86.2 Å². The van der Waals surface area contributed by atoms with Gasteiger partial charge in [0, 0.05) is 0 Å². The van der Waals surface area contributed by atoms with Crippen molar-refractivity contribution in [3.8, 4) is 55.6 Å². The molecule has 0 aliphatic rings. The summed E-state index contributed by atoms with van der Waals surface area (Å²) in [5.74, 6) is 0. The maximum Gasteiger partial charge on any atom is -0.000674 e. The summed E-state index contributed by atoms with van der Waals surface area (Å²) in [6, 6.07) is 82.2. The summed E-state index contributed by atoms with van der Waals surface area (Å²) in [4.78, 5) is 0. The fourth-order valence-corrected chi connectivity index (χ4v) is 12.1. The summed E-state index contributed by atoms with van der Waals surface area (Å²) in [6.07, 6.45) is 0. The van der Waals surface area contributed by atoms with Gasteiger partial charge in [-0.05, 0) is 185 Å². The molecule has 14 rings (SSSR count). The Morgan fingerprint density at radius 3 is 1.33 bits per heavy atom. The summed E-state index contributed by atoms with van der Waals surface area (Å²) < 4.78 is 0. The summed E-state index contributed by atoms with van der Waals surface area (Å²) in [5, 5.41) is 20.8. The van der Waals surface area contributed by atoms with Crippen LogP contribution in [-0.2, 0) is 0 Å². The summed E-state index contributed by atoms with van der Waals surface area (Å²) in [6.45, 7) is 4.47. The molecule has 0 amide bonds. The third-order valence-electron chi connectivity index (χ3n) is 14.8. The van der Waals surface area contributed by atoms with Crippen LogP contribution in [0, 0.1) is 13.8 Å². The van der Waals surface area contributed by atoms with Gasteiger partial charge < -0.3 is 0 Å². The molecule has 67 heavy (non-hydrogen) atoms. The fraction of sp³-hybridized carbons (Fsp3) is 0.0448. The van der Waals surface area contributed by atoms with Crippen LogP contribution in [0.1, 0.15) is 18.6 Å². The lowest BCUT2D eigenvalue weighted by molar-refractivity contribution is 1.38. The average molecular weight is 851 g/mol. The molecule has 0 heteroatoms. The average Bonchev–Trinajstić information content (AvgIpc) is 3.87. The van der Waals surface area contributed by atoms with Gasteiger partial charge >= 0.3 is 0 Å². The van der Waals surface area contributed by atoms with Crippen LogP contribution in [0.25, 0.3) is 142 Å². The van der Waals surface area contributed by atoms with Crippen molar-refractivity contribution in [3.05, 3.63) is 230 Å². The molecule has 0 nitrogen and oxygen atoms in total. The van der Waals surface area contributed by atoms with E-state index in [1.807, 2.05) is 0 Å². The van der Waals surface area contributed by atoms with Gasteiger partial charge in [-0.25, -0.2) is 0 Å². The Hall–Kier alpha value is -8.32. The van der Waals surface area contributed by atoms with Gasteiger partial charge in [-0.1, -0.05) is 208 Å². The van der Waals surface area contributed by atoms with Gasteiger partial charge in [-0.15, -0.1) is 0 Å². The van der Waals surface area contributed by atoms with Gasteiger partial charge in [0.1, 0.15) is 0 Å². The van der Waals surface area contributed by atoms with Crippen molar-refractivity contribution in [1.29, 1.82) is 0 Å². The largest absolute Gasteiger partial charge is 0.0776 e. The van der Waals surface area contributed by atoms with Crippen molar-refractivity contribution < 1.29 is 0 Å². The number of hydrogen-bond donors (Lipinski definition) is 0. The Kier molecular flexibility index (Phi) is 8.67. The number of aryl methyl sites for hydroxylation is 2. The van der Waals surface area contributed by atoms with Gasteiger partial charge in [0.15, 0.2) is 0 Å². The molecule has 0 unspecified atom stereocenters. The molecule has 0 aliphatic heterocycles. The summed E-state index contributed by atoms with van der Waals surface area (Å²) in [7, 11) is 0. The van der Waals surface area contributed by atoms with Crippen molar-refractivity contribution in [1.82, 2.24) is 0 Å². The first kappa shape index (κ1) is 39.1. The van der Waals surface area contributed by atoms with E-state index in [0.717, 1.165) is 0 Å². The van der Waals surface area contributed by atoms with Crippen LogP contribution in [0.3, 0.4) is 0 Å². The number of hydrogen-bond acceptors (Lipinski definition) is 0. The molecule has 0 N–H and O–H groups in total. The normalized spacial score (nSPS) is 11.9. The van der Waals surface area contributed by atoms with Gasteiger partial charge in [0.2, 0.25) is 0 Å². The van der Waals surface area contributed by atoms with E-state index in [1.54, 1.807) is 0 Å². The molecule has 0 saturated carbocycles. The van der Waals surface area contributed by atoms with E-state index in [9.17, 15) is 0 Å². The van der Waals surface area contributed by atoms with E-state index in [1.165, 1.54) is 153 Å². The molecular formula is C67H46. The molecule has 0 bridgehead atoms. The van der Waals surface area contributed by atoms with Crippen LogP contribution in [0.15, 0.2) is 218 Å². The summed E-state index contributed by atoms with van der Waals surface area (Å²) in [5.41, 5.74) is 15.1. The molecule has 0 atom stereocenters. The molecule has 0 spiro atoms. The Morgan fingerprint density at radius 2 is 0.687 bits per heavy atom. The summed E-state index contributed by atoms with van der Waals surface area (Å²) >= 11 is 0. The molecule has 0 fully saturated rings. The van der Waals surface area contributed by atoms with Gasteiger partial charge in [-0.3, -0.25) is 0 Å². The molecule has 0 aromatic heterocycles. The first-order valence-electron chi connectivity index (χ1n) is 23.2. The maximum absolute atomic E-state index is 2.56. The van der Waals surface area contributed by atoms with E-state index >= 15 is 0 Å². The topological polar surface area (TPSA) is 0 Å². The highest BCUT2D eigenvalue weighted by Gasteiger charge is 2.29. The first-order valence-corrected chi connectivity index (χ1v) is 23.2. The van der Waals surface area contributed by atoms with Gasteiger partial charge in [0.05, 0.1) is 0 Å². The quantitative estimate of drug-likeness (QED) is 0.151. The van der Waals surface area contributed by atoms with Crippen LogP contribution in [0.2, 0.25) is 0 Å². The molecule has 0 aliphatic carbocycles. The third kappa shape index (κ3) is 5.54. The lowest BCUT2D eigenvalue weighted by atomic mass is 9.81. The molecule has 14 aromatic rings. The van der Waals surface area contributed by atoms with Crippen LogP contribution in [0.5, 0.6) is 0 Å². The lowest BCUT2D eigenvalue weighted by Gasteiger charge is -2.22. The minimum atomic E-state index is 0.